The van der Waals surface area contributed by atoms with Crippen LogP contribution in [0.3, 0.4) is 0 Å². The summed E-state index contributed by atoms with van der Waals surface area (Å²) in [6.07, 6.45) is 5.64. The zero-order valence-electron chi connectivity index (χ0n) is 15.4. The highest BCUT2D eigenvalue weighted by Gasteiger charge is 2.25. The number of para-hydroxylation sites is 1. The molecule has 0 unspecified atom stereocenters. The van der Waals surface area contributed by atoms with Gasteiger partial charge in [-0.1, -0.05) is 30.0 Å². The Morgan fingerprint density at radius 1 is 1.35 bits per heavy atom. The minimum Gasteiger partial charge on any atom is -0.496 e. The Morgan fingerprint density at radius 3 is 2.81 bits per heavy atom. The van der Waals surface area contributed by atoms with Gasteiger partial charge in [-0.15, -0.1) is 0 Å². The van der Waals surface area contributed by atoms with Crippen molar-refractivity contribution < 1.29 is 9.53 Å². The molecule has 3 rings (SSSR count). The van der Waals surface area contributed by atoms with Gasteiger partial charge in [0, 0.05) is 44.8 Å². The molecule has 1 aromatic carbocycles. The third-order valence-corrected chi connectivity index (χ3v) is 5.81. The van der Waals surface area contributed by atoms with Gasteiger partial charge >= 0.3 is 6.03 Å². The van der Waals surface area contributed by atoms with E-state index in [0.29, 0.717) is 12.5 Å². The predicted molar refractivity (Wildman–Crippen MR) is 104 cm³/mol. The van der Waals surface area contributed by atoms with Crippen molar-refractivity contribution in [2.75, 3.05) is 32.5 Å². The maximum Gasteiger partial charge on any atom is 0.317 e. The van der Waals surface area contributed by atoms with Gasteiger partial charge in [0.25, 0.3) is 0 Å². The van der Waals surface area contributed by atoms with Gasteiger partial charge in [-0.25, -0.2) is 9.78 Å². The van der Waals surface area contributed by atoms with Crippen molar-refractivity contribution in [2.45, 2.75) is 23.9 Å². The van der Waals surface area contributed by atoms with E-state index in [1.807, 2.05) is 34.8 Å². The van der Waals surface area contributed by atoms with Crippen molar-refractivity contribution in [3.8, 4) is 5.75 Å². The lowest BCUT2D eigenvalue weighted by atomic mass is 9.89. The van der Waals surface area contributed by atoms with Crippen molar-refractivity contribution in [1.29, 1.82) is 0 Å². The first-order valence-corrected chi connectivity index (χ1v) is 9.93. The number of rotatable bonds is 6. The number of amides is 2. The van der Waals surface area contributed by atoms with Crippen LogP contribution >= 0.6 is 11.8 Å². The topological polar surface area (TPSA) is 59.4 Å². The first kappa shape index (κ1) is 18.6. The van der Waals surface area contributed by atoms with Gasteiger partial charge in [-0.3, -0.25) is 0 Å². The highest BCUT2D eigenvalue weighted by Crippen LogP contribution is 2.33. The van der Waals surface area contributed by atoms with Crippen LogP contribution in [0.25, 0.3) is 0 Å². The summed E-state index contributed by atoms with van der Waals surface area (Å²) in [7, 11) is 3.68. The van der Waals surface area contributed by atoms with Crippen LogP contribution in [0.1, 0.15) is 24.3 Å². The number of ether oxygens (including phenoxy) is 1. The number of aromatic nitrogens is 2. The van der Waals surface area contributed by atoms with E-state index in [1.165, 1.54) is 5.56 Å². The molecule has 1 aromatic heterocycles. The Kier molecular flexibility index (Phi) is 6.44. The molecule has 0 saturated carbocycles. The normalized spacial score (nSPS) is 15.1. The Labute approximate surface area is 158 Å². The molecule has 140 valence electrons. The van der Waals surface area contributed by atoms with Gasteiger partial charge in [-0.05, 0) is 30.4 Å². The third kappa shape index (κ3) is 4.52. The summed E-state index contributed by atoms with van der Waals surface area (Å²) >= 11 is 1.65. The van der Waals surface area contributed by atoms with Gasteiger partial charge in [0.2, 0.25) is 0 Å². The van der Waals surface area contributed by atoms with Crippen molar-refractivity contribution in [1.82, 2.24) is 19.8 Å². The quantitative estimate of drug-likeness (QED) is 0.623. The van der Waals surface area contributed by atoms with Crippen molar-refractivity contribution in [3.05, 3.63) is 42.2 Å². The number of piperidine rings is 1. The Morgan fingerprint density at radius 2 is 2.12 bits per heavy atom. The van der Waals surface area contributed by atoms with Crippen LogP contribution in [-0.4, -0.2) is 53.0 Å². The molecule has 6 nitrogen and oxygen atoms in total. The van der Waals surface area contributed by atoms with E-state index in [-0.39, 0.29) is 6.03 Å². The number of nitrogens with zero attached hydrogens (tertiary/aromatic N) is 3. The number of carbonyl (C=O) groups is 1. The first-order valence-electron chi connectivity index (χ1n) is 8.95. The van der Waals surface area contributed by atoms with Gasteiger partial charge in [-0.2, -0.15) is 0 Å². The maximum atomic E-state index is 12.4. The molecule has 2 heterocycles. The second kappa shape index (κ2) is 8.98. The summed E-state index contributed by atoms with van der Waals surface area (Å²) in [4.78, 5) is 18.5. The van der Waals surface area contributed by atoms with Crippen LogP contribution in [0, 0.1) is 0 Å². The standard InChI is InChI=1S/C19H26N4O2S/c1-22-13-9-21-19(22)26-14-10-20-18(24)23-11-7-15(8-12-23)16-5-3-4-6-17(16)25-2/h3-6,9,13,15H,7-8,10-12,14H2,1-2H3,(H,20,24). The van der Waals surface area contributed by atoms with E-state index in [2.05, 4.69) is 22.4 Å². The van der Waals surface area contributed by atoms with E-state index in [0.717, 1.165) is 42.6 Å². The molecule has 1 aliphatic rings. The van der Waals surface area contributed by atoms with Gasteiger partial charge in [0.1, 0.15) is 5.75 Å². The molecule has 7 heteroatoms. The molecule has 0 spiro atoms. The molecule has 1 aliphatic heterocycles. The third-order valence-electron chi connectivity index (χ3n) is 4.75. The molecule has 0 bridgehead atoms. The van der Waals surface area contributed by atoms with Crippen LogP contribution in [0.5, 0.6) is 5.75 Å². The van der Waals surface area contributed by atoms with E-state index in [1.54, 1.807) is 25.1 Å². The first-order chi connectivity index (χ1) is 12.7. The second-order valence-electron chi connectivity index (χ2n) is 6.40. The van der Waals surface area contributed by atoms with E-state index < -0.39 is 0 Å². The summed E-state index contributed by atoms with van der Waals surface area (Å²) in [5, 5.41) is 3.99. The van der Waals surface area contributed by atoms with Gasteiger partial charge < -0.3 is 19.5 Å². The number of methoxy groups -OCH3 is 1. The molecule has 2 amide bonds. The van der Waals surface area contributed by atoms with E-state index in [9.17, 15) is 4.79 Å². The van der Waals surface area contributed by atoms with E-state index >= 15 is 0 Å². The van der Waals surface area contributed by atoms with Gasteiger partial charge in [0.05, 0.1) is 7.11 Å². The lowest BCUT2D eigenvalue weighted by molar-refractivity contribution is 0.181. The Hall–Kier alpha value is -2.15. The van der Waals surface area contributed by atoms with Gasteiger partial charge in [0.15, 0.2) is 5.16 Å². The highest BCUT2D eigenvalue weighted by molar-refractivity contribution is 7.99. The van der Waals surface area contributed by atoms with Crippen LogP contribution in [0.2, 0.25) is 0 Å². The molecule has 1 N–H and O–H groups in total. The highest BCUT2D eigenvalue weighted by atomic mass is 32.2. The number of likely N-dealkylation sites (tertiary alicyclic amines) is 1. The fourth-order valence-electron chi connectivity index (χ4n) is 3.30. The second-order valence-corrected chi connectivity index (χ2v) is 7.47. The Balaban J connectivity index is 1.41. The molecule has 26 heavy (non-hydrogen) atoms. The minimum atomic E-state index is 0.0314. The average molecular weight is 375 g/mol. The van der Waals surface area contributed by atoms with Crippen molar-refractivity contribution in [2.24, 2.45) is 7.05 Å². The number of thioether (sulfide) groups is 1. The SMILES string of the molecule is COc1ccccc1C1CCN(C(=O)NCCSc2nccn2C)CC1. The molecular weight excluding hydrogens is 348 g/mol. The van der Waals surface area contributed by atoms with Crippen LogP contribution in [0.4, 0.5) is 4.79 Å². The fourth-order valence-corrected chi connectivity index (χ4v) is 4.09. The summed E-state index contributed by atoms with van der Waals surface area (Å²) in [5.74, 6) is 2.21. The van der Waals surface area contributed by atoms with Crippen LogP contribution < -0.4 is 10.1 Å². The number of carbonyl (C=O) groups excluding carboxylic acids is 1. The number of benzene rings is 1. The molecule has 2 aromatic rings. The number of aryl methyl sites for hydroxylation is 1. The van der Waals surface area contributed by atoms with Crippen LogP contribution in [-0.2, 0) is 7.05 Å². The molecule has 0 atom stereocenters. The number of nitrogens with one attached hydrogen (secondary N) is 1. The zero-order valence-corrected chi connectivity index (χ0v) is 16.2. The lowest BCUT2D eigenvalue weighted by Crippen LogP contribution is -2.44. The average Bonchev–Trinajstić information content (AvgIpc) is 3.10. The van der Waals surface area contributed by atoms with Crippen molar-refractivity contribution >= 4 is 17.8 Å². The zero-order chi connectivity index (χ0) is 18.4. The van der Waals surface area contributed by atoms with E-state index in [4.69, 9.17) is 4.74 Å². The minimum absolute atomic E-state index is 0.0314. The molecule has 0 radical (unpaired) electrons. The summed E-state index contributed by atoms with van der Waals surface area (Å²) in [6, 6.07) is 8.22. The summed E-state index contributed by atoms with van der Waals surface area (Å²) in [5.41, 5.74) is 1.25. The maximum absolute atomic E-state index is 12.4. The van der Waals surface area contributed by atoms with Crippen molar-refractivity contribution in [3.63, 3.8) is 0 Å². The number of urea groups is 1. The monoisotopic (exact) mass is 374 g/mol. The number of imidazole rings is 1. The molecule has 0 aliphatic carbocycles. The predicted octanol–water partition coefficient (Wildman–Crippen LogP) is 3.11. The largest absolute Gasteiger partial charge is 0.496 e. The lowest BCUT2D eigenvalue weighted by Gasteiger charge is -2.32. The fraction of sp³-hybridized carbons (Fsp3) is 0.474. The number of hydrogen-bond donors (Lipinski definition) is 1. The number of hydrogen-bond acceptors (Lipinski definition) is 4. The Bertz CT molecular complexity index is 726. The summed E-state index contributed by atoms with van der Waals surface area (Å²) < 4.78 is 7.46. The summed E-state index contributed by atoms with van der Waals surface area (Å²) in [6.45, 7) is 2.20. The molecule has 1 fully saturated rings. The van der Waals surface area contributed by atoms with Crippen LogP contribution in [0.15, 0.2) is 41.8 Å². The molecule has 1 saturated heterocycles. The smallest absolute Gasteiger partial charge is 0.317 e. The molecular formula is C19H26N4O2S.